The molecule has 0 fully saturated rings. The van der Waals surface area contributed by atoms with Crippen molar-refractivity contribution in [2.24, 2.45) is 0 Å². The van der Waals surface area contributed by atoms with E-state index in [2.05, 4.69) is 41.5 Å². The van der Waals surface area contributed by atoms with Gasteiger partial charge in [-0.15, -0.1) is 10.2 Å². The van der Waals surface area contributed by atoms with Gasteiger partial charge in [0, 0.05) is 18.8 Å². The van der Waals surface area contributed by atoms with Crippen LogP contribution in [0.25, 0.3) is 0 Å². The number of rotatable bonds is 7. The molecule has 2 aromatic rings. The maximum absolute atomic E-state index is 12.0. The van der Waals surface area contributed by atoms with Crippen LogP contribution in [-0.4, -0.2) is 39.8 Å². The Morgan fingerprint density at radius 1 is 1.26 bits per heavy atom. The molecule has 5 nitrogen and oxygen atoms in total. The topological polar surface area (TPSA) is 58.1 Å². The van der Waals surface area contributed by atoms with Crippen LogP contribution in [0.15, 0.2) is 22.5 Å². The van der Waals surface area contributed by atoms with Gasteiger partial charge in [-0.25, -0.2) is 0 Å². The summed E-state index contributed by atoms with van der Waals surface area (Å²) in [6, 6.07) is 6.24. The van der Waals surface area contributed by atoms with E-state index in [1.165, 1.54) is 34.2 Å². The van der Waals surface area contributed by atoms with Gasteiger partial charge < -0.3 is 10.2 Å². The van der Waals surface area contributed by atoms with Crippen molar-refractivity contribution in [3.63, 3.8) is 0 Å². The van der Waals surface area contributed by atoms with Gasteiger partial charge in [-0.05, 0) is 39.3 Å². The number of hydrogen-bond acceptors (Lipinski definition) is 6. The standard InChI is InChI=1S/C16H22N4OS2/c1-5-20(6-2)14(21)10-22-16-19-18-15(23-16)17-13-8-7-11(3)9-12(13)4/h7-9H,5-6,10H2,1-4H3,(H,17,18). The van der Waals surface area contributed by atoms with Crippen LogP contribution in [0.3, 0.4) is 0 Å². The number of nitrogens with zero attached hydrogens (tertiary/aromatic N) is 3. The van der Waals surface area contributed by atoms with Gasteiger partial charge in [-0.2, -0.15) is 0 Å². The van der Waals surface area contributed by atoms with Gasteiger partial charge in [-0.3, -0.25) is 4.79 Å². The summed E-state index contributed by atoms with van der Waals surface area (Å²) in [5, 5.41) is 12.3. The number of benzene rings is 1. The molecule has 1 aromatic heterocycles. The van der Waals surface area contributed by atoms with Crippen molar-refractivity contribution in [3.8, 4) is 0 Å². The van der Waals surface area contributed by atoms with Crippen molar-refractivity contribution in [1.29, 1.82) is 0 Å². The fraction of sp³-hybridized carbons (Fsp3) is 0.438. The third-order valence-corrected chi connectivity index (χ3v) is 5.42. The van der Waals surface area contributed by atoms with Crippen molar-refractivity contribution in [1.82, 2.24) is 15.1 Å². The third kappa shape index (κ3) is 4.94. The van der Waals surface area contributed by atoms with Gasteiger partial charge in [0.15, 0.2) is 4.34 Å². The summed E-state index contributed by atoms with van der Waals surface area (Å²) in [5.41, 5.74) is 3.44. The third-order valence-electron chi connectivity index (χ3n) is 3.47. The number of aryl methyl sites for hydroxylation is 2. The lowest BCUT2D eigenvalue weighted by molar-refractivity contribution is -0.127. The molecular formula is C16H22N4OS2. The Balaban J connectivity index is 1.94. The highest BCUT2D eigenvalue weighted by molar-refractivity contribution is 8.01. The summed E-state index contributed by atoms with van der Waals surface area (Å²) < 4.78 is 0.803. The quantitative estimate of drug-likeness (QED) is 0.769. The van der Waals surface area contributed by atoms with Crippen LogP contribution in [0.4, 0.5) is 10.8 Å². The van der Waals surface area contributed by atoms with E-state index in [9.17, 15) is 4.79 Å². The maximum atomic E-state index is 12.0. The van der Waals surface area contributed by atoms with E-state index >= 15 is 0 Å². The van der Waals surface area contributed by atoms with Gasteiger partial charge in [-0.1, -0.05) is 40.8 Å². The van der Waals surface area contributed by atoms with Crippen molar-refractivity contribution < 1.29 is 4.79 Å². The van der Waals surface area contributed by atoms with Gasteiger partial charge >= 0.3 is 0 Å². The average molecular weight is 351 g/mol. The highest BCUT2D eigenvalue weighted by Gasteiger charge is 2.12. The van der Waals surface area contributed by atoms with Crippen LogP contribution >= 0.6 is 23.1 Å². The fourth-order valence-corrected chi connectivity index (χ4v) is 3.85. The molecule has 1 aromatic carbocycles. The van der Waals surface area contributed by atoms with Crippen molar-refractivity contribution in [2.75, 3.05) is 24.2 Å². The van der Waals surface area contributed by atoms with Gasteiger partial charge in [0.25, 0.3) is 0 Å². The first-order valence-electron chi connectivity index (χ1n) is 7.61. The number of carbonyl (C=O) groups excluding carboxylic acids is 1. The zero-order valence-corrected chi connectivity index (χ0v) is 15.6. The zero-order chi connectivity index (χ0) is 16.8. The summed E-state index contributed by atoms with van der Waals surface area (Å²) in [7, 11) is 0. The molecule has 1 N–H and O–H groups in total. The van der Waals surface area contributed by atoms with E-state index in [0.29, 0.717) is 5.75 Å². The molecule has 0 aliphatic rings. The Morgan fingerprint density at radius 2 is 2.00 bits per heavy atom. The molecule has 0 aliphatic carbocycles. The number of hydrogen-bond donors (Lipinski definition) is 1. The SMILES string of the molecule is CCN(CC)C(=O)CSc1nnc(Nc2ccc(C)cc2C)s1. The number of nitrogens with one attached hydrogen (secondary N) is 1. The fourth-order valence-electron chi connectivity index (χ4n) is 2.18. The van der Waals surface area contributed by atoms with Gasteiger partial charge in [0.2, 0.25) is 11.0 Å². The molecule has 0 saturated heterocycles. The molecule has 0 saturated carbocycles. The smallest absolute Gasteiger partial charge is 0.233 e. The Hall–Kier alpha value is -1.60. The number of thioether (sulfide) groups is 1. The number of amides is 1. The lowest BCUT2D eigenvalue weighted by Crippen LogP contribution is -2.31. The molecule has 23 heavy (non-hydrogen) atoms. The van der Waals surface area contributed by atoms with E-state index in [1.807, 2.05) is 24.8 Å². The molecule has 0 unspecified atom stereocenters. The zero-order valence-electron chi connectivity index (χ0n) is 13.9. The minimum atomic E-state index is 0.138. The summed E-state index contributed by atoms with van der Waals surface area (Å²) in [6.07, 6.45) is 0. The number of carbonyl (C=O) groups is 1. The minimum absolute atomic E-state index is 0.138. The minimum Gasteiger partial charge on any atom is -0.343 e. The van der Waals surface area contributed by atoms with Crippen LogP contribution in [0.2, 0.25) is 0 Å². The second-order valence-corrected chi connectivity index (χ2v) is 7.37. The van der Waals surface area contributed by atoms with Crippen molar-refractivity contribution >= 4 is 39.8 Å². The van der Waals surface area contributed by atoms with E-state index < -0.39 is 0 Å². The van der Waals surface area contributed by atoms with Crippen LogP contribution in [0.5, 0.6) is 0 Å². The van der Waals surface area contributed by atoms with Crippen molar-refractivity contribution in [3.05, 3.63) is 29.3 Å². The summed E-state index contributed by atoms with van der Waals surface area (Å²) >= 11 is 2.91. The molecule has 0 spiro atoms. The predicted octanol–water partition coefficient (Wildman–Crippen LogP) is 3.86. The van der Waals surface area contributed by atoms with Crippen LogP contribution in [0, 0.1) is 13.8 Å². The highest BCUT2D eigenvalue weighted by atomic mass is 32.2. The average Bonchev–Trinajstić information content (AvgIpc) is 2.97. The van der Waals surface area contributed by atoms with E-state index in [4.69, 9.17) is 0 Å². The molecule has 124 valence electrons. The summed E-state index contributed by atoms with van der Waals surface area (Å²) in [6.45, 7) is 9.60. The van der Waals surface area contributed by atoms with Crippen LogP contribution in [-0.2, 0) is 4.79 Å². The first kappa shape index (κ1) is 17.7. The Bertz CT molecular complexity index is 668. The van der Waals surface area contributed by atoms with Gasteiger partial charge in [0.1, 0.15) is 0 Å². The normalized spacial score (nSPS) is 10.6. The monoisotopic (exact) mass is 350 g/mol. The Morgan fingerprint density at radius 3 is 2.65 bits per heavy atom. The highest BCUT2D eigenvalue weighted by Crippen LogP contribution is 2.29. The number of anilines is 2. The molecule has 0 aliphatic heterocycles. The largest absolute Gasteiger partial charge is 0.343 e. The van der Waals surface area contributed by atoms with Crippen LogP contribution < -0.4 is 5.32 Å². The molecule has 0 radical (unpaired) electrons. The Labute approximate surface area is 145 Å². The van der Waals surface area contributed by atoms with E-state index in [-0.39, 0.29) is 5.91 Å². The molecule has 0 bridgehead atoms. The summed E-state index contributed by atoms with van der Waals surface area (Å²) in [4.78, 5) is 13.8. The lowest BCUT2D eigenvalue weighted by Gasteiger charge is -2.17. The molecule has 1 amide bonds. The first-order valence-corrected chi connectivity index (χ1v) is 9.42. The second-order valence-electron chi connectivity index (χ2n) is 5.17. The first-order chi connectivity index (χ1) is 11.0. The molecule has 1 heterocycles. The summed E-state index contributed by atoms with van der Waals surface area (Å²) in [5.74, 6) is 0.541. The van der Waals surface area contributed by atoms with Crippen molar-refractivity contribution in [2.45, 2.75) is 32.0 Å². The maximum Gasteiger partial charge on any atom is 0.233 e. The van der Waals surface area contributed by atoms with Crippen LogP contribution in [0.1, 0.15) is 25.0 Å². The van der Waals surface area contributed by atoms with E-state index in [1.54, 1.807) is 0 Å². The Kier molecular flexibility index (Phi) is 6.41. The lowest BCUT2D eigenvalue weighted by atomic mass is 10.1. The predicted molar refractivity (Wildman–Crippen MR) is 97.8 cm³/mol. The number of aromatic nitrogens is 2. The molecule has 0 atom stereocenters. The molecular weight excluding hydrogens is 328 g/mol. The molecule has 7 heteroatoms. The van der Waals surface area contributed by atoms with Gasteiger partial charge in [0.05, 0.1) is 5.75 Å². The van der Waals surface area contributed by atoms with E-state index in [0.717, 1.165) is 28.2 Å². The second kappa shape index (κ2) is 8.31. The molecule has 2 rings (SSSR count).